The molecule has 2 aromatic carbocycles. The van der Waals surface area contributed by atoms with Gasteiger partial charge in [-0.15, -0.1) is 0 Å². The molecular weight excluding hydrogens is 418 g/mol. The van der Waals surface area contributed by atoms with E-state index in [9.17, 15) is 9.59 Å². The first kappa shape index (κ1) is 20.6. The zero-order valence-electron chi connectivity index (χ0n) is 17.0. The second kappa shape index (κ2) is 8.61. The van der Waals surface area contributed by atoms with Gasteiger partial charge >= 0.3 is 0 Å². The number of hydrogen-bond acceptors (Lipinski definition) is 5. The Labute approximate surface area is 183 Å². The molecule has 1 amide bonds. The molecule has 9 heteroatoms. The molecule has 4 aromatic rings. The van der Waals surface area contributed by atoms with Gasteiger partial charge in [0, 0.05) is 16.1 Å². The lowest BCUT2D eigenvalue weighted by Gasteiger charge is -2.10. The van der Waals surface area contributed by atoms with Crippen molar-refractivity contribution < 1.29 is 9.53 Å². The van der Waals surface area contributed by atoms with Gasteiger partial charge in [0.15, 0.2) is 0 Å². The Kier molecular flexibility index (Phi) is 5.73. The van der Waals surface area contributed by atoms with E-state index in [2.05, 4.69) is 15.5 Å². The highest BCUT2D eigenvalue weighted by Gasteiger charge is 2.17. The summed E-state index contributed by atoms with van der Waals surface area (Å²) in [7, 11) is 0. The summed E-state index contributed by atoms with van der Waals surface area (Å²) in [5.41, 5.74) is 1.76. The largest absolute Gasteiger partial charge is 0.494 e. The molecule has 1 N–H and O–H groups in total. The molecule has 0 aliphatic rings. The van der Waals surface area contributed by atoms with E-state index in [-0.39, 0.29) is 12.5 Å². The maximum absolute atomic E-state index is 13.1. The third kappa shape index (κ3) is 4.29. The van der Waals surface area contributed by atoms with Crippen molar-refractivity contribution >= 4 is 34.1 Å². The molecule has 0 radical (unpaired) electrons. The van der Waals surface area contributed by atoms with Gasteiger partial charge < -0.3 is 10.1 Å². The van der Waals surface area contributed by atoms with Crippen LogP contribution in [-0.2, 0) is 11.3 Å². The number of hydrogen-bond donors (Lipinski definition) is 1. The van der Waals surface area contributed by atoms with Crippen molar-refractivity contribution in [1.82, 2.24) is 19.6 Å². The number of aromatic nitrogens is 4. The first-order valence-corrected chi connectivity index (χ1v) is 10.1. The van der Waals surface area contributed by atoms with Gasteiger partial charge in [0.2, 0.25) is 5.91 Å². The summed E-state index contributed by atoms with van der Waals surface area (Å²) in [6, 6.07) is 14.0. The van der Waals surface area contributed by atoms with E-state index in [1.54, 1.807) is 61.7 Å². The number of fused-ring (bicyclic) bond motifs is 1. The van der Waals surface area contributed by atoms with Gasteiger partial charge in [-0.3, -0.25) is 9.59 Å². The molecule has 2 heterocycles. The SMILES string of the molecule is CCOc1ccc(NC(=O)Cn2nc(C)c3cnn(-c4cccc(Cl)c4)c3c2=O)cc1. The fourth-order valence-corrected chi connectivity index (χ4v) is 3.45. The number of nitrogens with zero attached hydrogens (tertiary/aromatic N) is 4. The number of ether oxygens (including phenoxy) is 1. The summed E-state index contributed by atoms with van der Waals surface area (Å²) >= 11 is 6.09. The van der Waals surface area contributed by atoms with E-state index in [1.807, 2.05) is 6.92 Å². The second-order valence-electron chi connectivity index (χ2n) is 6.85. The van der Waals surface area contributed by atoms with Crippen LogP contribution >= 0.6 is 11.6 Å². The molecule has 0 aliphatic heterocycles. The van der Waals surface area contributed by atoms with Gasteiger partial charge in [-0.25, -0.2) is 9.36 Å². The number of carbonyl (C=O) groups is 1. The van der Waals surface area contributed by atoms with E-state index < -0.39 is 5.56 Å². The van der Waals surface area contributed by atoms with Gasteiger partial charge in [-0.2, -0.15) is 10.2 Å². The normalized spacial score (nSPS) is 10.9. The van der Waals surface area contributed by atoms with Crippen molar-refractivity contribution in [2.24, 2.45) is 0 Å². The van der Waals surface area contributed by atoms with Gasteiger partial charge in [-0.1, -0.05) is 17.7 Å². The van der Waals surface area contributed by atoms with E-state index in [0.717, 1.165) is 4.68 Å². The monoisotopic (exact) mass is 437 g/mol. The van der Waals surface area contributed by atoms with Crippen LogP contribution in [0.4, 0.5) is 5.69 Å². The summed E-state index contributed by atoms with van der Waals surface area (Å²) in [6.45, 7) is 4.00. The molecule has 0 atom stereocenters. The van der Waals surface area contributed by atoms with Crippen LogP contribution in [0.1, 0.15) is 12.6 Å². The number of benzene rings is 2. The number of carbonyl (C=O) groups excluding carboxylic acids is 1. The van der Waals surface area contributed by atoms with Crippen molar-refractivity contribution in [2.45, 2.75) is 20.4 Å². The fourth-order valence-electron chi connectivity index (χ4n) is 3.27. The molecule has 0 aliphatic carbocycles. The molecule has 0 unspecified atom stereocenters. The first-order chi connectivity index (χ1) is 15.0. The van der Waals surface area contributed by atoms with E-state index >= 15 is 0 Å². The average molecular weight is 438 g/mol. The van der Waals surface area contributed by atoms with Gasteiger partial charge in [0.1, 0.15) is 17.8 Å². The summed E-state index contributed by atoms with van der Waals surface area (Å²) in [6.07, 6.45) is 1.59. The maximum atomic E-state index is 13.1. The minimum absolute atomic E-state index is 0.233. The lowest BCUT2D eigenvalue weighted by Crippen LogP contribution is -2.31. The molecule has 158 valence electrons. The van der Waals surface area contributed by atoms with Gasteiger partial charge in [-0.05, 0) is 56.3 Å². The molecule has 8 nitrogen and oxygen atoms in total. The number of amides is 1. The van der Waals surface area contributed by atoms with E-state index in [4.69, 9.17) is 16.3 Å². The Hall–Kier alpha value is -3.65. The van der Waals surface area contributed by atoms with Crippen LogP contribution in [0.15, 0.2) is 59.5 Å². The molecule has 2 aromatic heterocycles. The standard InChI is InChI=1S/C22H20ClN5O3/c1-3-31-18-9-7-16(8-10-18)25-20(29)13-27-22(30)21-19(14(2)26-27)12-24-28(21)17-6-4-5-15(23)11-17/h4-12H,3,13H2,1-2H3,(H,25,29). The third-order valence-electron chi connectivity index (χ3n) is 4.66. The number of aryl methyl sites for hydroxylation is 1. The fraction of sp³-hybridized carbons (Fsp3) is 0.182. The zero-order chi connectivity index (χ0) is 22.0. The van der Waals surface area contributed by atoms with Crippen LogP contribution in [0.25, 0.3) is 16.6 Å². The Morgan fingerprint density at radius 3 is 2.68 bits per heavy atom. The highest BCUT2D eigenvalue weighted by Crippen LogP contribution is 2.20. The van der Waals surface area contributed by atoms with Gasteiger partial charge in [0.25, 0.3) is 5.56 Å². The molecule has 0 spiro atoms. The number of halogens is 1. The minimum Gasteiger partial charge on any atom is -0.494 e. The zero-order valence-corrected chi connectivity index (χ0v) is 17.8. The number of anilines is 1. The molecule has 4 rings (SSSR count). The lowest BCUT2D eigenvalue weighted by atomic mass is 10.2. The molecule has 0 bridgehead atoms. The van der Waals surface area contributed by atoms with Crippen molar-refractivity contribution in [3.8, 4) is 11.4 Å². The Morgan fingerprint density at radius 1 is 1.19 bits per heavy atom. The van der Waals surface area contributed by atoms with Crippen molar-refractivity contribution in [3.05, 3.63) is 75.8 Å². The second-order valence-corrected chi connectivity index (χ2v) is 7.29. The van der Waals surface area contributed by atoms with Crippen LogP contribution in [0, 0.1) is 6.92 Å². The minimum atomic E-state index is -0.417. The maximum Gasteiger partial charge on any atom is 0.293 e. The highest BCUT2D eigenvalue weighted by atomic mass is 35.5. The molecule has 31 heavy (non-hydrogen) atoms. The number of nitrogens with one attached hydrogen (secondary N) is 1. The molecular formula is C22H20ClN5O3. The predicted molar refractivity (Wildman–Crippen MR) is 119 cm³/mol. The van der Waals surface area contributed by atoms with E-state index in [0.29, 0.717) is 45.4 Å². The molecule has 0 saturated carbocycles. The Bertz CT molecular complexity index is 1310. The third-order valence-corrected chi connectivity index (χ3v) is 4.90. The Balaban J connectivity index is 1.63. The van der Waals surface area contributed by atoms with Crippen LogP contribution in [0.3, 0.4) is 0 Å². The van der Waals surface area contributed by atoms with Crippen molar-refractivity contribution in [3.63, 3.8) is 0 Å². The molecule has 0 fully saturated rings. The summed E-state index contributed by atoms with van der Waals surface area (Å²) in [5.74, 6) is 0.347. The first-order valence-electron chi connectivity index (χ1n) is 9.70. The summed E-state index contributed by atoms with van der Waals surface area (Å²) in [4.78, 5) is 25.7. The smallest absolute Gasteiger partial charge is 0.293 e. The van der Waals surface area contributed by atoms with Crippen molar-refractivity contribution in [1.29, 1.82) is 0 Å². The van der Waals surface area contributed by atoms with Crippen LogP contribution in [0.2, 0.25) is 5.02 Å². The molecule has 0 saturated heterocycles. The topological polar surface area (TPSA) is 91.0 Å². The highest BCUT2D eigenvalue weighted by molar-refractivity contribution is 6.30. The predicted octanol–water partition coefficient (Wildman–Crippen LogP) is 3.58. The summed E-state index contributed by atoms with van der Waals surface area (Å²) in [5, 5.41) is 12.5. The van der Waals surface area contributed by atoms with Crippen LogP contribution in [-0.4, -0.2) is 32.1 Å². The Morgan fingerprint density at radius 2 is 1.97 bits per heavy atom. The summed E-state index contributed by atoms with van der Waals surface area (Å²) < 4.78 is 8.05. The average Bonchev–Trinajstić information content (AvgIpc) is 3.19. The quantitative estimate of drug-likeness (QED) is 0.498. The van der Waals surface area contributed by atoms with Crippen LogP contribution in [0.5, 0.6) is 5.75 Å². The van der Waals surface area contributed by atoms with Crippen molar-refractivity contribution in [2.75, 3.05) is 11.9 Å². The lowest BCUT2D eigenvalue weighted by molar-refractivity contribution is -0.117. The van der Waals surface area contributed by atoms with Crippen LogP contribution < -0.4 is 15.6 Å². The number of rotatable bonds is 6. The van der Waals surface area contributed by atoms with Gasteiger partial charge in [0.05, 0.1) is 24.2 Å². The van der Waals surface area contributed by atoms with E-state index in [1.165, 1.54) is 4.68 Å².